The molecule has 0 unspecified atom stereocenters. The lowest BCUT2D eigenvalue weighted by Crippen LogP contribution is -2.38. The smallest absolute Gasteiger partial charge is 0.264 e. The van der Waals surface area contributed by atoms with Gasteiger partial charge in [0.15, 0.2) is 5.82 Å². The molecule has 7 nitrogen and oxygen atoms in total. The Labute approximate surface area is 201 Å². The summed E-state index contributed by atoms with van der Waals surface area (Å²) in [6.07, 6.45) is 5.59. The number of aryl methyl sites for hydroxylation is 1. The molecule has 0 saturated carbocycles. The van der Waals surface area contributed by atoms with Crippen LogP contribution in [0.4, 0.5) is 5.82 Å². The molecule has 1 aromatic carbocycles. The van der Waals surface area contributed by atoms with Crippen molar-refractivity contribution in [2.45, 2.75) is 25.7 Å². The van der Waals surface area contributed by atoms with E-state index in [2.05, 4.69) is 37.9 Å². The number of H-pyrrole nitrogens is 1. The monoisotopic (exact) mass is 470 g/mol. The lowest BCUT2D eigenvalue weighted by atomic mass is 9.95. The number of amides is 1. The first kappa shape index (κ1) is 20.9. The summed E-state index contributed by atoms with van der Waals surface area (Å²) in [5, 5.41) is 6.38. The molecule has 0 bridgehead atoms. The van der Waals surface area contributed by atoms with Crippen molar-refractivity contribution in [3.8, 4) is 11.4 Å². The maximum absolute atomic E-state index is 13.0. The molecule has 0 spiro atoms. The Kier molecular flexibility index (Phi) is 5.10. The Morgan fingerprint density at radius 2 is 2.03 bits per heavy atom. The minimum absolute atomic E-state index is 0.152. The molecule has 4 aromatic heterocycles. The number of imidazole rings is 1. The van der Waals surface area contributed by atoms with E-state index in [9.17, 15) is 4.79 Å². The summed E-state index contributed by atoms with van der Waals surface area (Å²) in [6, 6.07) is 12.4. The van der Waals surface area contributed by atoms with E-state index in [4.69, 9.17) is 4.98 Å². The molecular weight excluding hydrogens is 444 g/mol. The molecule has 34 heavy (non-hydrogen) atoms. The van der Waals surface area contributed by atoms with E-state index in [0.29, 0.717) is 0 Å². The molecule has 1 aliphatic heterocycles. The quantitative estimate of drug-likeness (QED) is 0.373. The van der Waals surface area contributed by atoms with Crippen LogP contribution in [-0.4, -0.2) is 50.3 Å². The number of thiophene rings is 1. The number of fused-ring (bicyclic) bond motifs is 2. The highest BCUT2D eigenvalue weighted by molar-refractivity contribution is 7.12. The second kappa shape index (κ2) is 8.29. The first-order chi connectivity index (χ1) is 16.6. The van der Waals surface area contributed by atoms with Crippen molar-refractivity contribution in [3.05, 3.63) is 70.4 Å². The average molecular weight is 471 g/mol. The van der Waals surface area contributed by atoms with Gasteiger partial charge in [0.25, 0.3) is 5.91 Å². The summed E-state index contributed by atoms with van der Waals surface area (Å²) in [7, 11) is 1.89. The molecule has 5 aromatic rings. The van der Waals surface area contributed by atoms with Gasteiger partial charge in [0.1, 0.15) is 17.0 Å². The third-order valence-corrected chi connectivity index (χ3v) is 7.81. The Bertz CT molecular complexity index is 1470. The summed E-state index contributed by atoms with van der Waals surface area (Å²) in [6.45, 7) is 3.48. The van der Waals surface area contributed by atoms with E-state index in [1.807, 2.05) is 54.8 Å². The third-order valence-electron chi connectivity index (χ3n) is 6.81. The van der Waals surface area contributed by atoms with Crippen LogP contribution >= 0.6 is 11.3 Å². The van der Waals surface area contributed by atoms with E-state index in [1.54, 1.807) is 0 Å². The van der Waals surface area contributed by atoms with Crippen LogP contribution in [0.1, 0.15) is 39.8 Å². The van der Waals surface area contributed by atoms with E-state index < -0.39 is 0 Å². The maximum Gasteiger partial charge on any atom is 0.264 e. The molecule has 6 rings (SSSR count). The highest BCUT2D eigenvalue weighted by Crippen LogP contribution is 2.36. The minimum Gasteiger partial charge on any atom is -0.371 e. The third kappa shape index (κ3) is 3.37. The van der Waals surface area contributed by atoms with Crippen molar-refractivity contribution < 1.29 is 4.79 Å². The van der Waals surface area contributed by atoms with Crippen LogP contribution in [0.25, 0.3) is 27.8 Å². The van der Waals surface area contributed by atoms with Gasteiger partial charge in [-0.15, -0.1) is 11.3 Å². The van der Waals surface area contributed by atoms with Gasteiger partial charge in [0.2, 0.25) is 0 Å². The van der Waals surface area contributed by atoms with E-state index in [1.165, 1.54) is 11.3 Å². The zero-order valence-electron chi connectivity index (χ0n) is 19.2. The Morgan fingerprint density at radius 3 is 2.76 bits per heavy atom. The van der Waals surface area contributed by atoms with Gasteiger partial charge in [-0.2, -0.15) is 0 Å². The fraction of sp³-hybridized carbons (Fsp3) is 0.269. The molecule has 2 N–H and O–H groups in total. The molecule has 1 saturated heterocycles. The summed E-state index contributed by atoms with van der Waals surface area (Å²) >= 11 is 1.53. The van der Waals surface area contributed by atoms with Crippen LogP contribution in [0, 0.1) is 6.92 Å². The van der Waals surface area contributed by atoms with Crippen LogP contribution in [0.5, 0.6) is 0 Å². The van der Waals surface area contributed by atoms with Crippen LogP contribution in [0.2, 0.25) is 0 Å². The van der Waals surface area contributed by atoms with Gasteiger partial charge in [-0.25, -0.2) is 9.97 Å². The number of aromatic nitrogens is 4. The molecule has 1 fully saturated rings. The molecule has 8 heteroatoms. The first-order valence-electron chi connectivity index (χ1n) is 11.6. The average Bonchev–Trinajstić information content (AvgIpc) is 3.59. The topological polar surface area (TPSA) is 78.3 Å². The van der Waals surface area contributed by atoms with E-state index in [-0.39, 0.29) is 11.8 Å². The van der Waals surface area contributed by atoms with Gasteiger partial charge in [-0.05, 0) is 48.9 Å². The number of para-hydroxylation sites is 1. The SMILES string of the molecule is CNc1nccn2c(C3CCN(C(=O)c4sccc4C)CC3)nc(-c3cc4ccccc4[nH]3)c12. The number of nitrogens with zero attached hydrogens (tertiary/aromatic N) is 4. The van der Waals surface area contributed by atoms with Crippen LogP contribution in [-0.2, 0) is 0 Å². The second-order valence-corrected chi connectivity index (χ2v) is 9.75. The molecule has 1 amide bonds. The van der Waals surface area contributed by atoms with Crippen LogP contribution < -0.4 is 5.32 Å². The van der Waals surface area contributed by atoms with Gasteiger partial charge < -0.3 is 15.2 Å². The number of hydrogen-bond acceptors (Lipinski definition) is 5. The number of hydrogen-bond donors (Lipinski definition) is 2. The second-order valence-electron chi connectivity index (χ2n) is 8.83. The molecule has 172 valence electrons. The van der Waals surface area contributed by atoms with Crippen LogP contribution in [0.15, 0.2) is 54.2 Å². The Hall–Kier alpha value is -3.65. The molecule has 0 aliphatic carbocycles. The number of anilines is 1. The lowest BCUT2D eigenvalue weighted by Gasteiger charge is -2.31. The number of carbonyl (C=O) groups excluding carboxylic acids is 1. The highest BCUT2D eigenvalue weighted by atomic mass is 32.1. The standard InChI is InChI=1S/C26H26N6OS/c1-16-9-14-34-23(16)26(33)31-11-7-17(8-12-31)25-30-21(22-24(27-2)28-10-13-32(22)25)20-15-18-5-3-4-6-19(18)29-20/h3-6,9-10,13-15,17,29H,7-8,11-12H2,1-2H3,(H,27,28). The summed E-state index contributed by atoms with van der Waals surface area (Å²) < 4.78 is 2.17. The fourth-order valence-corrected chi connectivity index (χ4v) is 5.89. The number of carbonyl (C=O) groups is 1. The number of benzene rings is 1. The highest BCUT2D eigenvalue weighted by Gasteiger charge is 2.30. The van der Waals surface area contributed by atoms with E-state index >= 15 is 0 Å². The lowest BCUT2D eigenvalue weighted by molar-refractivity contribution is 0.0715. The molecular formula is C26H26N6OS. The predicted octanol–water partition coefficient (Wildman–Crippen LogP) is 5.31. The Morgan fingerprint density at radius 1 is 1.21 bits per heavy atom. The van der Waals surface area contributed by atoms with Crippen molar-refractivity contribution in [1.29, 1.82) is 0 Å². The van der Waals surface area contributed by atoms with Crippen molar-refractivity contribution in [2.24, 2.45) is 0 Å². The summed E-state index contributed by atoms with van der Waals surface area (Å²) in [5.41, 5.74) is 5.00. The van der Waals surface area contributed by atoms with Gasteiger partial charge >= 0.3 is 0 Å². The van der Waals surface area contributed by atoms with E-state index in [0.717, 1.165) is 75.8 Å². The van der Waals surface area contributed by atoms with Crippen molar-refractivity contribution >= 4 is 39.5 Å². The normalized spacial score (nSPS) is 14.8. The zero-order valence-corrected chi connectivity index (χ0v) is 20.0. The molecule has 1 aliphatic rings. The van der Waals surface area contributed by atoms with Gasteiger partial charge in [0.05, 0.1) is 10.6 Å². The first-order valence-corrected chi connectivity index (χ1v) is 12.5. The summed E-state index contributed by atoms with van der Waals surface area (Å²) in [4.78, 5) is 29.1. The minimum atomic E-state index is 0.152. The zero-order chi connectivity index (χ0) is 23.2. The number of likely N-dealkylation sites (tertiary alicyclic amines) is 1. The molecule has 5 heterocycles. The summed E-state index contributed by atoms with van der Waals surface area (Å²) in [5.74, 6) is 2.25. The van der Waals surface area contributed by atoms with Crippen LogP contribution in [0.3, 0.4) is 0 Å². The predicted molar refractivity (Wildman–Crippen MR) is 137 cm³/mol. The van der Waals surface area contributed by atoms with Gasteiger partial charge in [-0.1, -0.05) is 18.2 Å². The van der Waals surface area contributed by atoms with Gasteiger partial charge in [0, 0.05) is 49.4 Å². The Balaban J connectivity index is 1.36. The largest absolute Gasteiger partial charge is 0.371 e. The van der Waals surface area contributed by atoms with Crippen molar-refractivity contribution in [3.63, 3.8) is 0 Å². The number of aromatic amines is 1. The number of piperidine rings is 1. The molecule has 0 atom stereocenters. The van der Waals surface area contributed by atoms with Crippen molar-refractivity contribution in [2.75, 3.05) is 25.5 Å². The molecule has 0 radical (unpaired) electrons. The number of nitrogens with one attached hydrogen (secondary N) is 2. The maximum atomic E-state index is 13.0. The fourth-order valence-electron chi connectivity index (χ4n) is 5.00. The van der Waals surface area contributed by atoms with Crippen molar-refractivity contribution in [1.82, 2.24) is 24.3 Å². The number of rotatable bonds is 4. The van der Waals surface area contributed by atoms with Gasteiger partial charge in [-0.3, -0.25) is 9.20 Å².